The van der Waals surface area contributed by atoms with Crippen LogP contribution < -0.4 is 4.74 Å². The summed E-state index contributed by atoms with van der Waals surface area (Å²) >= 11 is 12.0. The number of aryl methyl sites for hydroxylation is 3. The predicted octanol–water partition coefficient (Wildman–Crippen LogP) is 4.81. The maximum atomic E-state index is 6.04. The highest BCUT2D eigenvalue weighted by Crippen LogP contribution is 2.33. The lowest BCUT2D eigenvalue weighted by atomic mass is 10.1. The normalized spacial score (nSPS) is 10.6. The second kappa shape index (κ2) is 5.35. The summed E-state index contributed by atoms with van der Waals surface area (Å²) in [5, 5.41) is 1.10. The van der Waals surface area contributed by atoms with E-state index in [0.29, 0.717) is 21.9 Å². The van der Waals surface area contributed by atoms with Gasteiger partial charge in [-0.3, -0.25) is 0 Å². The first-order valence-corrected chi connectivity index (χ1v) is 6.59. The van der Waals surface area contributed by atoms with Crippen molar-refractivity contribution in [1.29, 1.82) is 0 Å². The molecule has 0 aliphatic carbocycles. The molecule has 0 saturated heterocycles. The molecule has 5 heteroatoms. The van der Waals surface area contributed by atoms with E-state index < -0.39 is 0 Å². The molecule has 0 aliphatic heterocycles. The van der Waals surface area contributed by atoms with E-state index in [1.165, 1.54) is 0 Å². The second-order valence-electron chi connectivity index (χ2n) is 4.46. The summed E-state index contributed by atoms with van der Waals surface area (Å²) in [7, 11) is 0. The highest BCUT2D eigenvalue weighted by atomic mass is 35.5. The Hall–Kier alpha value is -1.32. The topological polar surface area (TPSA) is 35.0 Å². The van der Waals surface area contributed by atoms with E-state index in [1.807, 2.05) is 32.9 Å². The van der Waals surface area contributed by atoms with Crippen LogP contribution in [0, 0.1) is 27.7 Å². The Morgan fingerprint density at radius 3 is 2.11 bits per heavy atom. The Labute approximate surface area is 122 Å². The van der Waals surface area contributed by atoms with Crippen LogP contribution in [-0.2, 0) is 0 Å². The third-order valence-corrected chi connectivity index (χ3v) is 3.36. The molecular formula is C14H14Cl2N2O. The smallest absolute Gasteiger partial charge is 0.227 e. The number of aromatic nitrogens is 2. The minimum atomic E-state index is 0.409. The van der Waals surface area contributed by atoms with Gasteiger partial charge in [0.25, 0.3) is 0 Å². The van der Waals surface area contributed by atoms with Gasteiger partial charge in [0.1, 0.15) is 16.7 Å². The first-order valence-electron chi connectivity index (χ1n) is 5.84. The van der Waals surface area contributed by atoms with Crippen LogP contribution in [0.25, 0.3) is 0 Å². The van der Waals surface area contributed by atoms with Gasteiger partial charge in [-0.15, -0.1) is 0 Å². The zero-order chi connectivity index (χ0) is 14.2. The largest absolute Gasteiger partial charge is 0.438 e. The van der Waals surface area contributed by atoms with Crippen LogP contribution in [0.2, 0.25) is 10.2 Å². The van der Waals surface area contributed by atoms with Crippen LogP contribution in [0.4, 0.5) is 0 Å². The van der Waals surface area contributed by atoms with Gasteiger partial charge in [-0.1, -0.05) is 23.2 Å². The molecule has 0 spiro atoms. The van der Waals surface area contributed by atoms with E-state index in [2.05, 4.69) is 9.97 Å². The molecule has 19 heavy (non-hydrogen) atoms. The van der Waals surface area contributed by atoms with Crippen LogP contribution in [0.3, 0.4) is 0 Å². The molecule has 0 amide bonds. The Bertz CT molecular complexity index is 619. The van der Waals surface area contributed by atoms with E-state index in [1.54, 1.807) is 6.92 Å². The maximum Gasteiger partial charge on any atom is 0.227 e. The summed E-state index contributed by atoms with van der Waals surface area (Å²) in [6.45, 7) is 7.50. The van der Waals surface area contributed by atoms with Crippen molar-refractivity contribution in [3.63, 3.8) is 0 Å². The average Bonchev–Trinajstić information content (AvgIpc) is 2.29. The van der Waals surface area contributed by atoms with Crippen molar-refractivity contribution in [3.8, 4) is 11.6 Å². The fourth-order valence-electron chi connectivity index (χ4n) is 1.82. The number of hydrogen-bond acceptors (Lipinski definition) is 3. The molecule has 100 valence electrons. The Morgan fingerprint density at radius 2 is 1.53 bits per heavy atom. The quantitative estimate of drug-likeness (QED) is 0.746. The SMILES string of the molecule is Cc1nc(Cl)c(C)c(Oc2c(C)cc(Cl)cc2C)n1. The predicted molar refractivity (Wildman–Crippen MR) is 77.5 cm³/mol. The molecule has 1 aromatic heterocycles. The van der Waals surface area contributed by atoms with Crippen molar-refractivity contribution < 1.29 is 4.74 Å². The van der Waals surface area contributed by atoms with Gasteiger partial charge >= 0.3 is 0 Å². The molecule has 1 heterocycles. The molecule has 0 unspecified atom stereocenters. The Kier molecular flexibility index (Phi) is 3.97. The third-order valence-electron chi connectivity index (χ3n) is 2.78. The molecule has 0 N–H and O–H groups in total. The van der Waals surface area contributed by atoms with Gasteiger partial charge in [0.05, 0.1) is 0 Å². The summed E-state index contributed by atoms with van der Waals surface area (Å²) in [5.74, 6) is 1.81. The molecule has 0 bridgehead atoms. The monoisotopic (exact) mass is 296 g/mol. The zero-order valence-electron chi connectivity index (χ0n) is 11.2. The lowest BCUT2D eigenvalue weighted by Gasteiger charge is -2.13. The van der Waals surface area contributed by atoms with E-state index in [4.69, 9.17) is 27.9 Å². The standard InChI is InChI=1S/C14H14Cl2N2O/c1-7-5-11(15)6-8(2)12(7)19-14-9(3)13(16)17-10(4)18-14/h5-6H,1-4H3. The first-order chi connectivity index (χ1) is 8.88. The van der Waals surface area contributed by atoms with Gasteiger partial charge in [0.15, 0.2) is 0 Å². The summed E-state index contributed by atoms with van der Waals surface area (Å²) in [4.78, 5) is 8.37. The lowest BCUT2D eigenvalue weighted by Crippen LogP contribution is -1.99. The molecule has 0 aliphatic rings. The molecular weight excluding hydrogens is 283 g/mol. The van der Waals surface area contributed by atoms with Gasteiger partial charge in [-0.2, -0.15) is 4.98 Å². The second-order valence-corrected chi connectivity index (χ2v) is 5.26. The fraction of sp³-hybridized carbons (Fsp3) is 0.286. The minimum absolute atomic E-state index is 0.409. The van der Waals surface area contributed by atoms with Crippen LogP contribution in [0.1, 0.15) is 22.5 Å². The molecule has 1 aromatic carbocycles. The molecule has 0 atom stereocenters. The first kappa shape index (κ1) is 14.1. The van der Waals surface area contributed by atoms with Gasteiger partial charge in [-0.05, 0) is 51.0 Å². The maximum absolute atomic E-state index is 6.04. The van der Waals surface area contributed by atoms with E-state index in [9.17, 15) is 0 Å². The highest BCUT2D eigenvalue weighted by molar-refractivity contribution is 6.30. The van der Waals surface area contributed by atoms with Crippen molar-refractivity contribution >= 4 is 23.2 Å². The Morgan fingerprint density at radius 1 is 0.947 bits per heavy atom. The average molecular weight is 297 g/mol. The molecule has 0 fully saturated rings. The summed E-state index contributed by atoms with van der Waals surface area (Å²) in [6.07, 6.45) is 0. The number of halogens is 2. The minimum Gasteiger partial charge on any atom is -0.438 e. The van der Waals surface area contributed by atoms with Crippen molar-refractivity contribution in [2.24, 2.45) is 0 Å². The van der Waals surface area contributed by atoms with Gasteiger partial charge in [0, 0.05) is 10.6 Å². The summed E-state index contributed by atoms with van der Waals surface area (Å²) < 4.78 is 5.89. The molecule has 2 rings (SSSR count). The van der Waals surface area contributed by atoms with E-state index >= 15 is 0 Å². The molecule has 0 radical (unpaired) electrons. The van der Waals surface area contributed by atoms with Crippen LogP contribution >= 0.6 is 23.2 Å². The number of nitrogens with zero attached hydrogens (tertiary/aromatic N) is 2. The van der Waals surface area contributed by atoms with Crippen LogP contribution in [0.5, 0.6) is 11.6 Å². The van der Waals surface area contributed by atoms with Gasteiger partial charge in [-0.25, -0.2) is 4.98 Å². The zero-order valence-corrected chi connectivity index (χ0v) is 12.7. The highest BCUT2D eigenvalue weighted by Gasteiger charge is 2.13. The van der Waals surface area contributed by atoms with E-state index in [-0.39, 0.29) is 0 Å². The summed E-state index contributed by atoms with van der Waals surface area (Å²) in [5.41, 5.74) is 2.63. The molecule has 3 nitrogen and oxygen atoms in total. The molecule has 0 saturated carbocycles. The fourth-order valence-corrected chi connectivity index (χ4v) is 2.35. The summed E-state index contributed by atoms with van der Waals surface area (Å²) in [6, 6.07) is 3.71. The van der Waals surface area contributed by atoms with E-state index in [0.717, 1.165) is 22.4 Å². The van der Waals surface area contributed by atoms with Crippen molar-refractivity contribution in [3.05, 3.63) is 44.8 Å². The number of ether oxygens (including phenoxy) is 1. The third kappa shape index (κ3) is 2.99. The lowest BCUT2D eigenvalue weighted by molar-refractivity contribution is 0.449. The van der Waals surface area contributed by atoms with Crippen LogP contribution in [0.15, 0.2) is 12.1 Å². The number of hydrogen-bond donors (Lipinski definition) is 0. The van der Waals surface area contributed by atoms with Crippen molar-refractivity contribution in [2.45, 2.75) is 27.7 Å². The Balaban J connectivity index is 2.48. The van der Waals surface area contributed by atoms with Gasteiger partial charge < -0.3 is 4.74 Å². The van der Waals surface area contributed by atoms with Crippen molar-refractivity contribution in [2.75, 3.05) is 0 Å². The number of benzene rings is 1. The van der Waals surface area contributed by atoms with Crippen molar-refractivity contribution in [1.82, 2.24) is 9.97 Å². The van der Waals surface area contributed by atoms with Crippen LogP contribution in [-0.4, -0.2) is 9.97 Å². The van der Waals surface area contributed by atoms with Gasteiger partial charge in [0.2, 0.25) is 5.88 Å². The number of rotatable bonds is 2. The molecule has 2 aromatic rings.